The van der Waals surface area contributed by atoms with E-state index in [2.05, 4.69) is 15.0 Å². The fraction of sp³-hybridized carbons (Fsp3) is 0.375. The molecule has 0 saturated carbocycles. The first kappa shape index (κ1) is 14.6. The minimum absolute atomic E-state index is 0.0235. The minimum atomic E-state index is -0.546. The standard InChI is InChI=1S/C16H18N4O2/c1-11-3-2-4-19-15(11)16(22)20-9-12(14(21)10-20)7-13-8-17-5-6-18-13/h2-6,8,12,14,21H,7,9-10H2,1H3/t12-,14-/m1/s1. The highest BCUT2D eigenvalue weighted by molar-refractivity contribution is 5.93. The average molecular weight is 298 g/mol. The molecule has 0 spiro atoms. The number of hydrogen-bond acceptors (Lipinski definition) is 5. The van der Waals surface area contributed by atoms with Gasteiger partial charge in [0.25, 0.3) is 5.91 Å². The Kier molecular flexibility index (Phi) is 4.11. The maximum absolute atomic E-state index is 12.5. The number of aliphatic hydroxyl groups excluding tert-OH is 1. The third-order valence-corrected chi connectivity index (χ3v) is 3.99. The summed E-state index contributed by atoms with van der Waals surface area (Å²) >= 11 is 0. The van der Waals surface area contributed by atoms with Crippen LogP contribution in [0, 0.1) is 12.8 Å². The monoisotopic (exact) mass is 298 g/mol. The van der Waals surface area contributed by atoms with E-state index >= 15 is 0 Å². The molecule has 1 aliphatic rings. The van der Waals surface area contributed by atoms with Crippen LogP contribution < -0.4 is 0 Å². The number of pyridine rings is 1. The molecule has 1 aliphatic heterocycles. The number of likely N-dealkylation sites (tertiary alicyclic amines) is 1. The first-order valence-electron chi connectivity index (χ1n) is 7.29. The van der Waals surface area contributed by atoms with Crippen LogP contribution >= 0.6 is 0 Å². The Balaban J connectivity index is 1.70. The summed E-state index contributed by atoms with van der Waals surface area (Å²) in [6, 6.07) is 3.67. The molecule has 2 aromatic rings. The molecule has 2 atom stereocenters. The van der Waals surface area contributed by atoms with Gasteiger partial charge in [-0.15, -0.1) is 0 Å². The number of carbonyl (C=O) groups excluding carboxylic acids is 1. The molecule has 1 N–H and O–H groups in total. The molecule has 114 valence electrons. The third-order valence-electron chi connectivity index (χ3n) is 3.99. The number of rotatable bonds is 3. The van der Waals surface area contributed by atoms with Crippen molar-refractivity contribution in [3.63, 3.8) is 0 Å². The summed E-state index contributed by atoms with van der Waals surface area (Å²) < 4.78 is 0. The zero-order valence-electron chi connectivity index (χ0n) is 12.4. The van der Waals surface area contributed by atoms with Crippen LogP contribution in [0.2, 0.25) is 0 Å². The molecule has 3 rings (SSSR count). The zero-order valence-corrected chi connectivity index (χ0v) is 12.4. The lowest BCUT2D eigenvalue weighted by Crippen LogP contribution is -2.30. The van der Waals surface area contributed by atoms with Gasteiger partial charge in [-0.3, -0.25) is 19.7 Å². The number of aromatic nitrogens is 3. The highest BCUT2D eigenvalue weighted by Crippen LogP contribution is 2.22. The van der Waals surface area contributed by atoms with Crippen LogP contribution in [0.3, 0.4) is 0 Å². The van der Waals surface area contributed by atoms with E-state index < -0.39 is 6.10 Å². The normalized spacial score (nSPS) is 21.1. The number of aryl methyl sites for hydroxylation is 1. The second-order valence-corrected chi connectivity index (χ2v) is 5.61. The molecule has 1 amide bonds. The van der Waals surface area contributed by atoms with Gasteiger partial charge < -0.3 is 10.0 Å². The molecule has 2 aromatic heterocycles. The second kappa shape index (κ2) is 6.19. The maximum Gasteiger partial charge on any atom is 0.272 e. The first-order valence-corrected chi connectivity index (χ1v) is 7.29. The van der Waals surface area contributed by atoms with Crippen molar-refractivity contribution in [2.24, 2.45) is 5.92 Å². The average Bonchev–Trinajstić information content (AvgIpc) is 2.89. The summed E-state index contributed by atoms with van der Waals surface area (Å²) in [5.41, 5.74) is 2.13. The summed E-state index contributed by atoms with van der Waals surface area (Å²) in [6.45, 7) is 2.70. The lowest BCUT2D eigenvalue weighted by atomic mass is 10.0. The van der Waals surface area contributed by atoms with Crippen molar-refractivity contribution in [2.75, 3.05) is 13.1 Å². The Hall–Kier alpha value is -2.34. The van der Waals surface area contributed by atoms with E-state index in [0.29, 0.717) is 25.2 Å². The van der Waals surface area contributed by atoms with Crippen LogP contribution in [0.15, 0.2) is 36.9 Å². The van der Waals surface area contributed by atoms with E-state index in [9.17, 15) is 9.90 Å². The lowest BCUT2D eigenvalue weighted by Gasteiger charge is -2.16. The number of nitrogens with zero attached hydrogens (tertiary/aromatic N) is 4. The van der Waals surface area contributed by atoms with Gasteiger partial charge in [-0.05, 0) is 25.0 Å². The van der Waals surface area contributed by atoms with Crippen molar-refractivity contribution in [2.45, 2.75) is 19.4 Å². The Labute approximate surface area is 128 Å². The van der Waals surface area contributed by atoms with Gasteiger partial charge >= 0.3 is 0 Å². The van der Waals surface area contributed by atoms with Gasteiger partial charge in [0, 0.05) is 43.8 Å². The molecule has 0 bridgehead atoms. The quantitative estimate of drug-likeness (QED) is 0.909. The molecule has 0 aromatic carbocycles. The Morgan fingerprint density at radius 2 is 2.18 bits per heavy atom. The molecule has 6 heteroatoms. The number of β-amino-alcohol motifs (C(OH)–C–C–N with tert-alkyl or cyclic N) is 1. The van der Waals surface area contributed by atoms with Crippen LogP contribution in [0.25, 0.3) is 0 Å². The van der Waals surface area contributed by atoms with E-state index in [0.717, 1.165) is 11.3 Å². The van der Waals surface area contributed by atoms with E-state index in [4.69, 9.17) is 0 Å². The van der Waals surface area contributed by atoms with Crippen LogP contribution in [-0.2, 0) is 6.42 Å². The first-order chi connectivity index (χ1) is 10.6. The summed E-state index contributed by atoms with van der Waals surface area (Å²) in [6.07, 6.45) is 6.63. The Morgan fingerprint density at radius 3 is 2.91 bits per heavy atom. The Morgan fingerprint density at radius 1 is 1.32 bits per heavy atom. The summed E-state index contributed by atoms with van der Waals surface area (Å²) in [5, 5.41) is 10.2. The summed E-state index contributed by atoms with van der Waals surface area (Å²) in [4.78, 5) is 26.6. The maximum atomic E-state index is 12.5. The molecule has 0 aliphatic carbocycles. The van der Waals surface area contributed by atoms with Gasteiger partial charge in [-0.1, -0.05) is 6.07 Å². The van der Waals surface area contributed by atoms with Crippen molar-refractivity contribution in [1.82, 2.24) is 19.9 Å². The van der Waals surface area contributed by atoms with Gasteiger partial charge in [0.1, 0.15) is 5.69 Å². The number of aliphatic hydroxyl groups is 1. The van der Waals surface area contributed by atoms with E-state index in [1.807, 2.05) is 19.1 Å². The molecule has 1 fully saturated rings. The topological polar surface area (TPSA) is 79.2 Å². The van der Waals surface area contributed by atoms with Crippen LogP contribution in [0.4, 0.5) is 0 Å². The summed E-state index contributed by atoms with van der Waals surface area (Å²) in [5.74, 6) is -0.150. The molecule has 6 nitrogen and oxygen atoms in total. The van der Waals surface area contributed by atoms with Crippen LogP contribution in [0.1, 0.15) is 21.7 Å². The number of amides is 1. The minimum Gasteiger partial charge on any atom is -0.391 e. The van der Waals surface area contributed by atoms with Crippen molar-refractivity contribution in [3.8, 4) is 0 Å². The lowest BCUT2D eigenvalue weighted by molar-refractivity contribution is 0.0758. The molecular weight excluding hydrogens is 280 g/mol. The van der Waals surface area contributed by atoms with E-state index in [1.54, 1.807) is 29.7 Å². The van der Waals surface area contributed by atoms with Gasteiger partial charge in [0.2, 0.25) is 0 Å². The molecule has 22 heavy (non-hydrogen) atoms. The molecular formula is C16H18N4O2. The van der Waals surface area contributed by atoms with Gasteiger partial charge in [0.05, 0.1) is 11.8 Å². The van der Waals surface area contributed by atoms with Crippen molar-refractivity contribution < 1.29 is 9.90 Å². The number of hydrogen-bond donors (Lipinski definition) is 1. The SMILES string of the molecule is Cc1cccnc1C(=O)N1C[C@@H](Cc2cnccn2)[C@H](O)C1. The van der Waals surface area contributed by atoms with Gasteiger partial charge in [0.15, 0.2) is 0 Å². The predicted octanol–water partition coefficient (Wildman–Crippen LogP) is 0.856. The highest BCUT2D eigenvalue weighted by Gasteiger charge is 2.35. The van der Waals surface area contributed by atoms with Crippen molar-refractivity contribution in [3.05, 3.63) is 53.9 Å². The van der Waals surface area contributed by atoms with Crippen LogP contribution in [-0.4, -0.2) is 50.1 Å². The molecule has 0 radical (unpaired) electrons. The van der Waals surface area contributed by atoms with Gasteiger partial charge in [-0.2, -0.15) is 0 Å². The van der Waals surface area contributed by atoms with E-state index in [-0.39, 0.29) is 11.8 Å². The Bertz CT molecular complexity index is 662. The molecule has 3 heterocycles. The van der Waals surface area contributed by atoms with E-state index in [1.165, 1.54) is 0 Å². The van der Waals surface area contributed by atoms with Crippen molar-refractivity contribution in [1.29, 1.82) is 0 Å². The van der Waals surface area contributed by atoms with Gasteiger partial charge in [-0.25, -0.2) is 0 Å². The largest absolute Gasteiger partial charge is 0.391 e. The third kappa shape index (κ3) is 2.96. The summed E-state index contributed by atoms with van der Waals surface area (Å²) in [7, 11) is 0. The molecule has 0 unspecified atom stereocenters. The number of carbonyl (C=O) groups is 1. The highest BCUT2D eigenvalue weighted by atomic mass is 16.3. The zero-order chi connectivity index (χ0) is 15.5. The van der Waals surface area contributed by atoms with Crippen LogP contribution in [0.5, 0.6) is 0 Å². The predicted molar refractivity (Wildman–Crippen MR) is 80.1 cm³/mol. The van der Waals surface area contributed by atoms with Crippen molar-refractivity contribution >= 4 is 5.91 Å². The smallest absolute Gasteiger partial charge is 0.272 e. The fourth-order valence-corrected chi connectivity index (χ4v) is 2.78. The fourth-order valence-electron chi connectivity index (χ4n) is 2.78. The molecule has 1 saturated heterocycles. The second-order valence-electron chi connectivity index (χ2n) is 5.61.